The summed E-state index contributed by atoms with van der Waals surface area (Å²) in [6, 6.07) is 2.27. The standard InChI is InChI=1S/C10H10ClNO5/c1-3-17-9-5-8(12(14)15)7(11)4-6(9)10(13)16-2/h4-5H,3H2,1-2H3. The van der Waals surface area contributed by atoms with Crippen LogP contribution in [0, 0.1) is 10.1 Å². The van der Waals surface area contributed by atoms with Crippen LogP contribution in [0.15, 0.2) is 12.1 Å². The van der Waals surface area contributed by atoms with Crippen LogP contribution >= 0.6 is 11.6 Å². The molecule has 0 aliphatic carbocycles. The molecule has 0 aromatic heterocycles. The molecule has 0 saturated carbocycles. The third kappa shape index (κ3) is 2.85. The molecule has 17 heavy (non-hydrogen) atoms. The summed E-state index contributed by atoms with van der Waals surface area (Å²) >= 11 is 5.69. The van der Waals surface area contributed by atoms with Crippen LogP contribution in [-0.2, 0) is 4.74 Å². The van der Waals surface area contributed by atoms with E-state index in [9.17, 15) is 14.9 Å². The van der Waals surface area contributed by atoms with E-state index in [4.69, 9.17) is 16.3 Å². The molecule has 0 spiro atoms. The Balaban J connectivity index is 3.35. The van der Waals surface area contributed by atoms with Crippen molar-refractivity contribution in [2.24, 2.45) is 0 Å². The number of hydrogen-bond donors (Lipinski definition) is 0. The van der Waals surface area contributed by atoms with E-state index >= 15 is 0 Å². The molecule has 92 valence electrons. The first kappa shape index (κ1) is 13.2. The summed E-state index contributed by atoms with van der Waals surface area (Å²) in [7, 11) is 1.20. The van der Waals surface area contributed by atoms with Crippen molar-refractivity contribution in [1.82, 2.24) is 0 Å². The number of nitrogens with zero attached hydrogens (tertiary/aromatic N) is 1. The predicted molar refractivity (Wildman–Crippen MR) is 60.6 cm³/mol. The zero-order valence-corrected chi connectivity index (χ0v) is 9.98. The molecule has 0 saturated heterocycles. The van der Waals surface area contributed by atoms with E-state index in [1.165, 1.54) is 7.11 Å². The van der Waals surface area contributed by atoms with Crippen LogP contribution in [0.3, 0.4) is 0 Å². The van der Waals surface area contributed by atoms with Gasteiger partial charge in [-0.2, -0.15) is 0 Å². The smallest absolute Gasteiger partial charge is 0.341 e. The zero-order valence-electron chi connectivity index (χ0n) is 9.23. The highest BCUT2D eigenvalue weighted by atomic mass is 35.5. The van der Waals surface area contributed by atoms with Crippen LogP contribution in [0.25, 0.3) is 0 Å². The number of ether oxygens (including phenoxy) is 2. The summed E-state index contributed by atoms with van der Waals surface area (Å²) in [6.07, 6.45) is 0. The number of carbonyl (C=O) groups excluding carboxylic acids is 1. The second-order valence-corrected chi connectivity index (χ2v) is 3.39. The summed E-state index contributed by atoms with van der Waals surface area (Å²) in [5.41, 5.74) is -0.257. The number of nitro groups is 1. The Morgan fingerprint density at radius 2 is 2.18 bits per heavy atom. The summed E-state index contributed by atoms with van der Waals surface area (Å²) in [6.45, 7) is 1.96. The Labute approximate surface area is 102 Å². The van der Waals surface area contributed by atoms with Crippen molar-refractivity contribution in [2.75, 3.05) is 13.7 Å². The maximum atomic E-state index is 11.4. The second kappa shape index (κ2) is 5.49. The Morgan fingerprint density at radius 1 is 1.53 bits per heavy atom. The van der Waals surface area contributed by atoms with Crippen molar-refractivity contribution in [3.63, 3.8) is 0 Å². The monoisotopic (exact) mass is 259 g/mol. The van der Waals surface area contributed by atoms with Gasteiger partial charge in [-0.05, 0) is 13.0 Å². The minimum atomic E-state index is -0.662. The molecular weight excluding hydrogens is 250 g/mol. The number of nitro benzene ring substituents is 1. The zero-order chi connectivity index (χ0) is 13.0. The Kier molecular flexibility index (Phi) is 4.28. The topological polar surface area (TPSA) is 78.7 Å². The van der Waals surface area contributed by atoms with E-state index in [0.717, 1.165) is 12.1 Å². The SMILES string of the molecule is CCOc1cc([N+](=O)[O-])c(Cl)cc1C(=O)OC. The number of hydrogen-bond acceptors (Lipinski definition) is 5. The normalized spacial score (nSPS) is 9.82. The summed E-state index contributed by atoms with van der Waals surface area (Å²) in [5, 5.41) is 10.5. The van der Waals surface area contributed by atoms with Gasteiger partial charge in [0, 0.05) is 0 Å². The number of halogens is 1. The quantitative estimate of drug-likeness (QED) is 0.471. The predicted octanol–water partition coefficient (Wildman–Crippen LogP) is 2.43. The van der Waals surface area contributed by atoms with Crippen molar-refractivity contribution in [3.8, 4) is 5.75 Å². The summed E-state index contributed by atoms with van der Waals surface area (Å²) in [5.74, 6) is -0.583. The van der Waals surface area contributed by atoms with E-state index < -0.39 is 10.9 Å². The van der Waals surface area contributed by atoms with Crippen LogP contribution in [0.2, 0.25) is 5.02 Å². The highest BCUT2D eigenvalue weighted by Crippen LogP contribution is 2.32. The van der Waals surface area contributed by atoms with Crippen LogP contribution in [0.4, 0.5) is 5.69 Å². The van der Waals surface area contributed by atoms with E-state index in [1.807, 2.05) is 0 Å². The lowest BCUT2D eigenvalue weighted by Crippen LogP contribution is -2.06. The van der Waals surface area contributed by atoms with Crippen molar-refractivity contribution >= 4 is 23.3 Å². The number of carbonyl (C=O) groups is 1. The van der Waals surface area contributed by atoms with Crippen LogP contribution in [-0.4, -0.2) is 24.6 Å². The molecule has 1 rings (SSSR count). The fourth-order valence-corrected chi connectivity index (χ4v) is 1.46. The van der Waals surface area contributed by atoms with Crippen molar-refractivity contribution in [2.45, 2.75) is 6.92 Å². The highest BCUT2D eigenvalue weighted by molar-refractivity contribution is 6.33. The van der Waals surface area contributed by atoms with E-state index in [0.29, 0.717) is 0 Å². The Hall–Kier alpha value is -1.82. The van der Waals surface area contributed by atoms with Gasteiger partial charge in [0.2, 0.25) is 0 Å². The molecule has 0 aliphatic heterocycles. The molecule has 0 radical (unpaired) electrons. The molecule has 0 heterocycles. The second-order valence-electron chi connectivity index (χ2n) is 2.98. The summed E-state index contributed by atoms with van der Waals surface area (Å²) in [4.78, 5) is 21.4. The van der Waals surface area contributed by atoms with Crippen molar-refractivity contribution in [1.29, 1.82) is 0 Å². The third-order valence-corrected chi connectivity index (χ3v) is 2.25. The van der Waals surface area contributed by atoms with E-state index in [1.54, 1.807) is 6.92 Å². The van der Waals surface area contributed by atoms with Gasteiger partial charge in [-0.3, -0.25) is 10.1 Å². The van der Waals surface area contributed by atoms with Gasteiger partial charge < -0.3 is 9.47 Å². The molecule has 0 N–H and O–H groups in total. The Morgan fingerprint density at radius 3 is 2.65 bits per heavy atom. The molecule has 0 bridgehead atoms. The van der Waals surface area contributed by atoms with Crippen molar-refractivity contribution in [3.05, 3.63) is 32.8 Å². The maximum absolute atomic E-state index is 11.4. The molecule has 1 aromatic rings. The summed E-state index contributed by atoms with van der Waals surface area (Å²) < 4.78 is 9.67. The average Bonchev–Trinajstić information content (AvgIpc) is 2.29. The van der Waals surface area contributed by atoms with Gasteiger partial charge in [-0.1, -0.05) is 11.6 Å². The fourth-order valence-electron chi connectivity index (χ4n) is 1.23. The molecule has 0 amide bonds. The molecule has 1 aromatic carbocycles. The maximum Gasteiger partial charge on any atom is 0.341 e. The van der Waals surface area contributed by atoms with Crippen LogP contribution in [0.5, 0.6) is 5.75 Å². The fraction of sp³-hybridized carbons (Fsp3) is 0.300. The first-order valence-electron chi connectivity index (χ1n) is 4.70. The molecule has 0 unspecified atom stereocenters. The Bertz CT molecular complexity index is 460. The molecule has 0 aliphatic rings. The van der Waals surface area contributed by atoms with Crippen molar-refractivity contribution < 1.29 is 19.2 Å². The lowest BCUT2D eigenvalue weighted by molar-refractivity contribution is -0.384. The van der Waals surface area contributed by atoms with Crippen LogP contribution < -0.4 is 4.74 Å². The van der Waals surface area contributed by atoms with Crippen LogP contribution in [0.1, 0.15) is 17.3 Å². The van der Waals surface area contributed by atoms with E-state index in [-0.39, 0.29) is 28.6 Å². The molecule has 7 heteroatoms. The van der Waals surface area contributed by atoms with Gasteiger partial charge in [0.1, 0.15) is 16.3 Å². The van der Waals surface area contributed by atoms with Gasteiger partial charge in [0.05, 0.1) is 24.7 Å². The molecule has 0 atom stereocenters. The molecular formula is C10H10ClNO5. The molecule has 0 fully saturated rings. The lowest BCUT2D eigenvalue weighted by Gasteiger charge is -2.09. The third-order valence-electron chi connectivity index (χ3n) is 1.95. The van der Waals surface area contributed by atoms with Gasteiger partial charge in [-0.25, -0.2) is 4.79 Å². The lowest BCUT2D eigenvalue weighted by atomic mass is 10.2. The van der Waals surface area contributed by atoms with Gasteiger partial charge >= 0.3 is 5.97 Å². The van der Waals surface area contributed by atoms with Gasteiger partial charge in [-0.15, -0.1) is 0 Å². The minimum absolute atomic E-state index is 0.0601. The van der Waals surface area contributed by atoms with E-state index in [2.05, 4.69) is 4.74 Å². The number of methoxy groups -OCH3 is 1. The van der Waals surface area contributed by atoms with Gasteiger partial charge in [0.25, 0.3) is 5.69 Å². The highest BCUT2D eigenvalue weighted by Gasteiger charge is 2.21. The van der Waals surface area contributed by atoms with Gasteiger partial charge in [0.15, 0.2) is 0 Å². The first-order chi connectivity index (χ1) is 8.01. The number of benzene rings is 1. The minimum Gasteiger partial charge on any atom is -0.493 e. The largest absolute Gasteiger partial charge is 0.493 e. The number of rotatable bonds is 4. The number of esters is 1. The molecule has 6 nitrogen and oxygen atoms in total. The first-order valence-corrected chi connectivity index (χ1v) is 5.08. The average molecular weight is 260 g/mol.